The standard InChI is InChI=1S/C13H15ClN2OS/c14-11-4-2-10(3-5-11)13-9-18-8-12(17)16(13)7-1-6-15-13/h2-5,15H,1,6-9H2. The van der Waals surface area contributed by atoms with Crippen molar-refractivity contribution in [1.82, 2.24) is 10.2 Å². The molecule has 1 aromatic rings. The molecule has 1 unspecified atom stereocenters. The van der Waals surface area contributed by atoms with Gasteiger partial charge in [-0.2, -0.15) is 0 Å². The lowest BCUT2D eigenvalue weighted by Crippen LogP contribution is -2.66. The summed E-state index contributed by atoms with van der Waals surface area (Å²) in [5, 5.41) is 4.27. The van der Waals surface area contributed by atoms with Crippen molar-refractivity contribution < 1.29 is 4.79 Å². The molecule has 0 bridgehead atoms. The molecule has 0 aliphatic carbocycles. The monoisotopic (exact) mass is 282 g/mol. The molecule has 2 aliphatic heterocycles. The molecule has 1 atom stereocenters. The number of hydrogen-bond acceptors (Lipinski definition) is 3. The van der Waals surface area contributed by atoms with Gasteiger partial charge in [0.05, 0.1) is 5.75 Å². The van der Waals surface area contributed by atoms with Crippen LogP contribution in [0, 0.1) is 0 Å². The lowest BCUT2D eigenvalue weighted by molar-refractivity contribution is -0.138. The van der Waals surface area contributed by atoms with Crippen molar-refractivity contribution >= 4 is 29.3 Å². The Morgan fingerprint density at radius 1 is 1.33 bits per heavy atom. The molecule has 18 heavy (non-hydrogen) atoms. The Labute approximate surface area is 116 Å². The third-order valence-corrected chi connectivity index (χ3v) is 4.92. The minimum absolute atomic E-state index is 0.230. The normalized spacial score (nSPS) is 28.1. The second-order valence-corrected chi connectivity index (χ2v) is 6.11. The highest BCUT2D eigenvalue weighted by atomic mass is 35.5. The summed E-state index contributed by atoms with van der Waals surface area (Å²) in [5.41, 5.74) is 0.801. The molecule has 0 radical (unpaired) electrons. The zero-order valence-corrected chi connectivity index (χ0v) is 11.6. The van der Waals surface area contributed by atoms with Crippen LogP contribution in [-0.2, 0) is 10.5 Å². The summed E-state index contributed by atoms with van der Waals surface area (Å²) in [6, 6.07) is 7.83. The molecule has 0 saturated carbocycles. The molecule has 2 saturated heterocycles. The number of nitrogens with zero attached hydrogens (tertiary/aromatic N) is 1. The number of benzene rings is 1. The molecule has 0 aromatic heterocycles. The molecule has 2 aliphatic rings. The summed E-state index contributed by atoms with van der Waals surface area (Å²) < 4.78 is 0. The number of fused-ring (bicyclic) bond motifs is 1. The molecule has 1 N–H and O–H groups in total. The summed E-state index contributed by atoms with van der Waals surface area (Å²) in [6.45, 7) is 1.79. The maximum Gasteiger partial charge on any atom is 0.234 e. The summed E-state index contributed by atoms with van der Waals surface area (Å²) in [5.74, 6) is 1.73. The van der Waals surface area contributed by atoms with Gasteiger partial charge < -0.3 is 4.90 Å². The summed E-state index contributed by atoms with van der Waals surface area (Å²) >= 11 is 7.65. The zero-order chi connectivity index (χ0) is 12.6. The van der Waals surface area contributed by atoms with Crippen molar-refractivity contribution in [3.05, 3.63) is 34.9 Å². The SMILES string of the molecule is O=C1CSCC2(c3ccc(Cl)cc3)NCCCN12. The number of halogens is 1. The number of hydrogen-bond donors (Lipinski definition) is 1. The molecule has 1 aromatic carbocycles. The summed E-state index contributed by atoms with van der Waals surface area (Å²) in [7, 11) is 0. The van der Waals surface area contributed by atoms with Crippen LogP contribution in [0.3, 0.4) is 0 Å². The van der Waals surface area contributed by atoms with Crippen molar-refractivity contribution in [1.29, 1.82) is 0 Å². The Bertz CT molecular complexity index is 461. The number of nitrogens with one attached hydrogen (secondary N) is 1. The predicted molar refractivity (Wildman–Crippen MR) is 74.8 cm³/mol. The first-order valence-corrected chi connectivity index (χ1v) is 7.65. The van der Waals surface area contributed by atoms with Gasteiger partial charge in [0.15, 0.2) is 0 Å². The fraction of sp³-hybridized carbons (Fsp3) is 0.462. The average molecular weight is 283 g/mol. The summed E-state index contributed by atoms with van der Waals surface area (Å²) in [6.07, 6.45) is 1.02. The second-order valence-electron chi connectivity index (χ2n) is 4.69. The van der Waals surface area contributed by atoms with E-state index in [0.29, 0.717) is 5.75 Å². The van der Waals surface area contributed by atoms with Crippen LogP contribution in [0.1, 0.15) is 12.0 Å². The lowest BCUT2D eigenvalue weighted by atomic mass is 9.96. The number of thioether (sulfide) groups is 1. The van der Waals surface area contributed by atoms with Crippen molar-refractivity contribution in [2.75, 3.05) is 24.6 Å². The molecule has 1 amide bonds. The van der Waals surface area contributed by atoms with E-state index in [2.05, 4.69) is 5.32 Å². The van der Waals surface area contributed by atoms with Gasteiger partial charge in [-0.15, -0.1) is 11.8 Å². The molecule has 2 fully saturated rings. The van der Waals surface area contributed by atoms with E-state index < -0.39 is 0 Å². The van der Waals surface area contributed by atoms with Crippen molar-refractivity contribution in [3.8, 4) is 0 Å². The highest BCUT2D eigenvalue weighted by Gasteiger charge is 2.45. The van der Waals surface area contributed by atoms with Gasteiger partial charge >= 0.3 is 0 Å². The lowest BCUT2D eigenvalue weighted by Gasteiger charge is -2.50. The molecule has 3 rings (SSSR count). The van der Waals surface area contributed by atoms with Crippen molar-refractivity contribution in [2.45, 2.75) is 12.1 Å². The van der Waals surface area contributed by atoms with E-state index >= 15 is 0 Å². The Morgan fingerprint density at radius 2 is 2.11 bits per heavy atom. The first kappa shape index (κ1) is 12.3. The minimum Gasteiger partial charge on any atom is -0.319 e. The molecule has 96 valence electrons. The molecule has 0 spiro atoms. The molecule has 5 heteroatoms. The largest absolute Gasteiger partial charge is 0.319 e. The van der Waals surface area contributed by atoms with Crippen LogP contribution in [0.5, 0.6) is 0 Å². The predicted octanol–water partition coefficient (Wildman–Crippen LogP) is 2.06. The van der Waals surface area contributed by atoms with Gasteiger partial charge in [-0.25, -0.2) is 0 Å². The number of carbonyl (C=O) groups is 1. The van der Waals surface area contributed by atoms with E-state index in [1.54, 1.807) is 11.8 Å². The van der Waals surface area contributed by atoms with Crippen LogP contribution in [0.4, 0.5) is 0 Å². The maximum atomic E-state index is 12.1. The van der Waals surface area contributed by atoms with Crippen LogP contribution in [0.15, 0.2) is 24.3 Å². The highest BCUT2D eigenvalue weighted by molar-refractivity contribution is 8.00. The second kappa shape index (κ2) is 4.76. The molecular formula is C13H15ClN2OS. The van der Waals surface area contributed by atoms with Gasteiger partial charge in [-0.1, -0.05) is 23.7 Å². The smallest absolute Gasteiger partial charge is 0.234 e. The van der Waals surface area contributed by atoms with Gasteiger partial charge in [0, 0.05) is 17.3 Å². The topological polar surface area (TPSA) is 32.3 Å². The number of rotatable bonds is 1. The van der Waals surface area contributed by atoms with Gasteiger partial charge in [0.1, 0.15) is 5.66 Å². The van der Waals surface area contributed by atoms with E-state index in [1.807, 2.05) is 29.2 Å². The molecular weight excluding hydrogens is 268 g/mol. The molecule has 2 heterocycles. The fourth-order valence-corrected chi connectivity index (χ4v) is 3.99. The Morgan fingerprint density at radius 3 is 2.89 bits per heavy atom. The number of carbonyl (C=O) groups excluding carboxylic acids is 1. The van der Waals surface area contributed by atoms with Crippen LogP contribution < -0.4 is 5.32 Å². The van der Waals surface area contributed by atoms with E-state index in [-0.39, 0.29) is 11.6 Å². The molecule has 3 nitrogen and oxygen atoms in total. The highest BCUT2D eigenvalue weighted by Crippen LogP contribution is 2.36. The van der Waals surface area contributed by atoms with Gasteiger partial charge in [0.2, 0.25) is 5.91 Å². The van der Waals surface area contributed by atoms with E-state index in [9.17, 15) is 4.79 Å². The first-order chi connectivity index (χ1) is 8.72. The summed E-state index contributed by atoms with van der Waals surface area (Å²) in [4.78, 5) is 14.1. The fourth-order valence-electron chi connectivity index (χ4n) is 2.72. The van der Waals surface area contributed by atoms with E-state index in [1.165, 1.54) is 0 Å². The van der Waals surface area contributed by atoms with Crippen LogP contribution in [0.2, 0.25) is 5.02 Å². The maximum absolute atomic E-state index is 12.1. The van der Waals surface area contributed by atoms with Crippen LogP contribution in [-0.4, -0.2) is 35.4 Å². The van der Waals surface area contributed by atoms with E-state index in [0.717, 1.165) is 35.8 Å². The van der Waals surface area contributed by atoms with Crippen molar-refractivity contribution in [3.63, 3.8) is 0 Å². The van der Waals surface area contributed by atoms with Gasteiger partial charge in [-0.3, -0.25) is 10.1 Å². The zero-order valence-electron chi connectivity index (χ0n) is 9.99. The Hall–Kier alpha value is -0.710. The van der Waals surface area contributed by atoms with Gasteiger partial charge in [-0.05, 0) is 30.7 Å². The Balaban J connectivity index is 2.03. The third kappa shape index (κ3) is 1.92. The Kier molecular flexibility index (Phi) is 3.26. The quantitative estimate of drug-likeness (QED) is 0.856. The van der Waals surface area contributed by atoms with Crippen molar-refractivity contribution in [2.24, 2.45) is 0 Å². The minimum atomic E-state index is -0.331. The third-order valence-electron chi connectivity index (χ3n) is 3.60. The van der Waals surface area contributed by atoms with Gasteiger partial charge in [0.25, 0.3) is 0 Å². The van der Waals surface area contributed by atoms with E-state index in [4.69, 9.17) is 11.6 Å². The average Bonchev–Trinajstić information content (AvgIpc) is 2.40. The van der Waals surface area contributed by atoms with Crippen LogP contribution >= 0.6 is 23.4 Å². The first-order valence-electron chi connectivity index (χ1n) is 6.12. The number of amides is 1. The van der Waals surface area contributed by atoms with Crippen LogP contribution in [0.25, 0.3) is 0 Å².